The zero-order chi connectivity index (χ0) is 15.7. The third-order valence-electron chi connectivity index (χ3n) is 3.53. The van der Waals surface area contributed by atoms with Gasteiger partial charge in [-0.1, -0.05) is 30.3 Å². The van der Waals surface area contributed by atoms with Gasteiger partial charge in [0.1, 0.15) is 11.3 Å². The Labute approximate surface area is 154 Å². The molecule has 112 valence electrons. The molecule has 0 saturated heterocycles. The van der Waals surface area contributed by atoms with Crippen LogP contribution in [0.25, 0.3) is 10.9 Å². The molecular formula is C17H15N2NaO3. The number of anilines is 1. The first-order valence-corrected chi connectivity index (χ1v) is 6.76. The maximum absolute atomic E-state index is 12.4. The number of hydrogen-bond donors (Lipinski definition) is 2. The van der Waals surface area contributed by atoms with Crippen molar-refractivity contribution in [3.8, 4) is 5.75 Å². The topological polar surface area (TPSA) is 71.3 Å². The van der Waals surface area contributed by atoms with Crippen molar-refractivity contribution >= 4 is 52.1 Å². The number of benzene rings is 2. The van der Waals surface area contributed by atoms with Gasteiger partial charge in [0.15, 0.2) is 0 Å². The Morgan fingerprint density at radius 2 is 1.65 bits per heavy atom. The molecule has 0 fully saturated rings. The Balaban J connectivity index is 0.00000192. The molecule has 1 aromatic heterocycles. The van der Waals surface area contributed by atoms with E-state index in [-0.39, 0.29) is 40.9 Å². The molecular weight excluding hydrogens is 303 g/mol. The molecule has 3 rings (SSSR count). The summed E-state index contributed by atoms with van der Waals surface area (Å²) in [6.45, 7) is 0. The fourth-order valence-electron chi connectivity index (χ4n) is 2.40. The van der Waals surface area contributed by atoms with Gasteiger partial charge in [-0.2, -0.15) is 0 Å². The van der Waals surface area contributed by atoms with Crippen LogP contribution in [0.5, 0.6) is 5.75 Å². The molecule has 0 unspecified atom stereocenters. The third-order valence-corrected chi connectivity index (χ3v) is 3.53. The number of carbonyl (C=O) groups is 1. The van der Waals surface area contributed by atoms with Crippen LogP contribution in [0, 0.1) is 0 Å². The Hall–Kier alpha value is -2.08. The van der Waals surface area contributed by atoms with Gasteiger partial charge in [0.25, 0.3) is 11.5 Å². The first-order valence-electron chi connectivity index (χ1n) is 6.76. The van der Waals surface area contributed by atoms with E-state index in [1.165, 1.54) is 4.57 Å². The molecule has 2 aromatic carbocycles. The van der Waals surface area contributed by atoms with E-state index in [0.717, 1.165) is 0 Å². The fraction of sp³-hybridized carbons (Fsp3) is 0.0588. The second-order valence-corrected chi connectivity index (χ2v) is 4.93. The zero-order valence-electron chi connectivity index (χ0n) is 11.9. The van der Waals surface area contributed by atoms with Crippen LogP contribution in [0.15, 0.2) is 59.4 Å². The van der Waals surface area contributed by atoms with Crippen LogP contribution in [0.4, 0.5) is 5.69 Å². The van der Waals surface area contributed by atoms with Crippen molar-refractivity contribution in [3.63, 3.8) is 0 Å². The van der Waals surface area contributed by atoms with E-state index in [4.69, 9.17) is 0 Å². The Morgan fingerprint density at radius 1 is 1.04 bits per heavy atom. The summed E-state index contributed by atoms with van der Waals surface area (Å²) in [5, 5.41) is 13.4. The molecule has 1 amide bonds. The van der Waals surface area contributed by atoms with E-state index in [9.17, 15) is 14.7 Å². The quantitative estimate of drug-likeness (QED) is 0.708. The van der Waals surface area contributed by atoms with E-state index in [1.54, 1.807) is 55.6 Å². The van der Waals surface area contributed by atoms with E-state index >= 15 is 0 Å². The first-order chi connectivity index (χ1) is 10.6. The van der Waals surface area contributed by atoms with Crippen molar-refractivity contribution < 1.29 is 9.90 Å². The number of nitrogens with one attached hydrogen (secondary N) is 1. The number of carbonyl (C=O) groups excluding carboxylic acids is 1. The monoisotopic (exact) mass is 318 g/mol. The molecule has 3 aromatic rings. The third kappa shape index (κ3) is 3.17. The molecule has 0 radical (unpaired) electrons. The van der Waals surface area contributed by atoms with Gasteiger partial charge in [-0.05, 0) is 24.3 Å². The number of hydrogen-bond acceptors (Lipinski definition) is 3. The molecule has 0 aliphatic rings. The first kappa shape index (κ1) is 17.3. The summed E-state index contributed by atoms with van der Waals surface area (Å²) in [5.41, 5.74) is 0.332. The maximum atomic E-state index is 12.4. The van der Waals surface area contributed by atoms with Crippen LogP contribution in [0.2, 0.25) is 0 Å². The average molecular weight is 318 g/mol. The van der Waals surface area contributed by atoms with Crippen molar-refractivity contribution in [1.29, 1.82) is 0 Å². The standard InChI is InChI=1S/C17H14N2O3.Na.H/c1-19-13-10-6-5-9-12(13)15(20)14(17(19)22)16(21)18-11-7-3-2-4-8-11;;/h2-10,20H,1H3,(H,18,21);;. The molecule has 0 aliphatic heterocycles. The van der Waals surface area contributed by atoms with Crippen LogP contribution in [-0.4, -0.2) is 45.1 Å². The number of aryl methyl sites for hydroxylation is 1. The number of para-hydroxylation sites is 2. The number of nitrogens with zero attached hydrogens (tertiary/aromatic N) is 1. The van der Waals surface area contributed by atoms with Gasteiger partial charge < -0.3 is 15.0 Å². The van der Waals surface area contributed by atoms with Gasteiger partial charge in [0, 0.05) is 18.1 Å². The number of aromatic nitrogens is 1. The average Bonchev–Trinajstić information content (AvgIpc) is 2.54. The van der Waals surface area contributed by atoms with Gasteiger partial charge in [-0.25, -0.2) is 0 Å². The van der Waals surface area contributed by atoms with Gasteiger partial charge in [-0.15, -0.1) is 0 Å². The summed E-state index contributed by atoms with van der Waals surface area (Å²) in [4.78, 5) is 24.7. The molecule has 0 saturated carbocycles. The SMILES string of the molecule is Cn1c(=O)c(C(=O)Nc2ccccc2)c(O)c2ccccc21.[NaH]. The summed E-state index contributed by atoms with van der Waals surface area (Å²) < 4.78 is 1.36. The van der Waals surface area contributed by atoms with Crippen molar-refractivity contribution in [2.75, 3.05) is 5.32 Å². The summed E-state index contributed by atoms with van der Waals surface area (Å²) >= 11 is 0. The molecule has 0 atom stereocenters. The normalized spacial score (nSPS) is 10.1. The summed E-state index contributed by atoms with van der Waals surface area (Å²) in [5.74, 6) is -0.929. The van der Waals surface area contributed by atoms with E-state index in [0.29, 0.717) is 16.6 Å². The molecule has 0 aliphatic carbocycles. The van der Waals surface area contributed by atoms with Crippen LogP contribution < -0.4 is 10.9 Å². The Morgan fingerprint density at radius 3 is 2.35 bits per heavy atom. The second-order valence-electron chi connectivity index (χ2n) is 4.93. The van der Waals surface area contributed by atoms with Gasteiger partial charge in [0.2, 0.25) is 0 Å². The number of rotatable bonds is 2. The zero-order valence-corrected chi connectivity index (χ0v) is 11.9. The summed E-state index contributed by atoms with van der Waals surface area (Å²) in [6, 6.07) is 15.7. The van der Waals surface area contributed by atoms with Crippen LogP contribution in [0.1, 0.15) is 10.4 Å². The Bertz CT molecular complexity index is 920. The molecule has 5 nitrogen and oxygen atoms in total. The van der Waals surface area contributed by atoms with Crippen molar-refractivity contribution in [1.82, 2.24) is 4.57 Å². The molecule has 2 N–H and O–H groups in total. The van der Waals surface area contributed by atoms with Crippen LogP contribution >= 0.6 is 0 Å². The Kier molecular flexibility index (Phi) is 5.26. The number of fused-ring (bicyclic) bond motifs is 1. The van der Waals surface area contributed by atoms with Gasteiger partial charge in [0.05, 0.1) is 5.52 Å². The summed E-state index contributed by atoms with van der Waals surface area (Å²) in [6.07, 6.45) is 0. The number of amides is 1. The van der Waals surface area contributed by atoms with Crippen molar-refractivity contribution in [2.24, 2.45) is 7.05 Å². The summed E-state index contributed by atoms with van der Waals surface area (Å²) in [7, 11) is 1.57. The number of pyridine rings is 1. The molecule has 6 heteroatoms. The van der Waals surface area contributed by atoms with E-state index in [2.05, 4.69) is 5.32 Å². The van der Waals surface area contributed by atoms with Gasteiger partial charge in [-0.3, -0.25) is 9.59 Å². The van der Waals surface area contributed by atoms with Crippen LogP contribution in [0.3, 0.4) is 0 Å². The van der Waals surface area contributed by atoms with E-state index < -0.39 is 11.5 Å². The molecule has 1 heterocycles. The molecule has 0 bridgehead atoms. The van der Waals surface area contributed by atoms with E-state index in [1.807, 2.05) is 6.07 Å². The molecule has 23 heavy (non-hydrogen) atoms. The van der Waals surface area contributed by atoms with Crippen LogP contribution in [-0.2, 0) is 7.05 Å². The van der Waals surface area contributed by atoms with Crippen molar-refractivity contribution in [3.05, 3.63) is 70.5 Å². The predicted octanol–water partition coefficient (Wildman–Crippen LogP) is 1.85. The van der Waals surface area contributed by atoms with Crippen molar-refractivity contribution in [2.45, 2.75) is 0 Å². The number of aromatic hydroxyl groups is 1. The minimum atomic E-state index is -0.630. The minimum absolute atomic E-state index is 0. The molecule has 0 spiro atoms. The predicted molar refractivity (Wildman–Crippen MR) is 92.4 cm³/mol. The second kappa shape index (κ2) is 7.00. The van der Waals surface area contributed by atoms with Gasteiger partial charge >= 0.3 is 29.6 Å². The fourth-order valence-corrected chi connectivity index (χ4v) is 2.40.